The first-order valence-electron chi connectivity index (χ1n) is 13.8. The molecule has 1 atom stereocenters. The smallest absolute Gasteiger partial charge is 0.410 e. The van der Waals surface area contributed by atoms with Gasteiger partial charge >= 0.3 is 6.09 Å². The molecule has 1 saturated heterocycles. The van der Waals surface area contributed by atoms with E-state index in [0.717, 1.165) is 35.1 Å². The number of carbonyl (C=O) groups excluding carboxylic acids is 1. The minimum Gasteiger partial charge on any atom is -0.444 e. The molecule has 0 aliphatic carbocycles. The van der Waals surface area contributed by atoms with Gasteiger partial charge in [0.25, 0.3) is 0 Å². The number of β-amino-alcohol motifs (C(OH)–C–C–N with tert-alkyl or cyclic N) is 1. The summed E-state index contributed by atoms with van der Waals surface area (Å²) in [6.07, 6.45) is 0.923. The lowest BCUT2D eigenvalue weighted by Gasteiger charge is -2.40. The van der Waals surface area contributed by atoms with Gasteiger partial charge in [0.15, 0.2) is 0 Å². The number of carbonyl (C=O) groups is 1. The topological polar surface area (TPSA) is 53.0 Å². The molecule has 1 unspecified atom stereocenters. The van der Waals surface area contributed by atoms with Crippen LogP contribution in [-0.4, -0.2) is 34.8 Å². The van der Waals surface area contributed by atoms with Gasteiger partial charge in [0, 0.05) is 25.3 Å². The lowest BCUT2D eigenvalue weighted by atomic mass is 9.83. The number of likely N-dealkylation sites (tertiary alicyclic amines) is 1. The molecule has 1 amide bonds. The first-order valence-corrected chi connectivity index (χ1v) is 13.8. The molecule has 5 rings (SSSR count). The minimum absolute atomic E-state index is 0.211. The molecule has 1 aliphatic heterocycles. The molecule has 39 heavy (non-hydrogen) atoms. The molecular weight excluding hydrogens is 484 g/mol. The zero-order chi connectivity index (χ0) is 27.5. The van der Waals surface area contributed by atoms with Crippen molar-refractivity contribution in [2.75, 3.05) is 18.0 Å². The Morgan fingerprint density at radius 1 is 0.897 bits per heavy atom. The van der Waals surface area contributed by atoms with Crippen molar-refractivity contribution < 1.29 is 14.6 Å². The minimum atomic E-state index is -1.16. The Bertz CT molecular complexity index is 1370. The Balaban J connectivity index is 1.50. The summed E-state index contributed by atoms with van der Waals surface area (Å²) in [6.45, 7) is 7.91. The van der Waals surface area contributed by atoms with Crippen molar-refractivity contribution in [3.8, 4) is 0 Å². The van der Waals surface area contributed by atoms with Crippen LogP contribution in [0.25, 0.3) is 10.8 Å². The molecule has 202 valence electrons. The van der Waals surface area contributed by atoms with Crippen LogP contribution in [0, 0.1) is 0 Å². The summed E-state index contributed by atoms with van der Waals surface area (Å²) in [5, 5.41) is 14.1. The summed E-state index contributed by atoms with van der Waals surface area (Å²) in [6, 6.07) is 33.6. The number of hydrogen-bond donors (Lipinski definition) is 1. The van der Waals surface area contributed by atoms with E-state index in [2.05, 4.69) is 77.7 Å². The number of fused-ring (bicyclic) bond motifs is 1. The molecule has 0 radical (unpaired) electrons. The molecule has 1 heterocycles. The maximum atomic E-state index is 12.9. The van der Waals surface area contributed by atoms with E-state index >= 15 is 0 Å². The molecule has 0 aromatic heterocycles. The van der Waals surface area contributed by atoms with Gasteiger partial charge in [0.2, 0.25) is 0 Å². The van der Waals surface area contributed by atoms with Crippen LogP contribution in [-0.2, 0) is 23.4 Å². The molecule has 0 saturated carbocycles. The van der Waals surface area contributed by atoms with E-state index in [1.54, 1.807) is 4.90 Å². The third-order valence-corrected chi connectivity index (χ3v) is 7.29. The summed E-state index contributed by atoms with van der Waals surface area (Å²) < 4.78 is 5.63. The van der Waals surface area contributed by atoms with E-state index in [9.17, 15) is 9.90 Å². The summed E-state index contributed by atoms with van der Waals surface area (Å²) >= 11 is 0. The Morgan fingerprint density at radius 3 is 2.15 bits per heavy atom. The first-order chi connectivity index (χ1) is 18.7. The quantitative estimate of drug-likeness (QED) is 0.289. The largest absolute Gasteiger partial charge is 0.444 e. The lowest BCUT2D eigenvalue weighted by molar-refractivity contribution is -0.0457. The molecule has 5 nitrogen and oxygen atoms in total. The number of anilines is 1. The summed E-state index contributed by atoms with van der Waals surface area (Å²) in [5.41, 5.74) is 2.68. The Morgan fingerprint density at radius 2 is 1.54 bits per heavy atom. The molecule has 4 aromatic rings. The third-order valence-electron chi connectivity index (χ3n) is 7.29. The second kappa shape index (κ2) is 11.1. The molecule has 1 fully saturated rings. The van der Waals surface area contributed by atoms with Gasteiger partial charge in [0.1, 0.15) is 11.2 Å². The highest BCUT2D eigenvalue weighted by molar-refractivity contribution is 5.89. The van der Waals surface area contributed by atoms with Gasteiger partial charge in [-0.2, -0.15) is 0 Å². The Hall–Kier alpha value is -3.83. The van der Waals surface area contributed by atoms with Crippen LogP contribution in [0.3, 0.4) is 0 Å². The van der Waals surface area contributed by atoms with Crippen molar-refractivity contribution in [1.82, 2.24) is 4.90 Å². The van der Waals surface area contributed by atoms with E-state index < -0.39 is 11.2 Å². The van der Waals surface area contributed by atoms with Crippen LogP contribution >= 0.6 is 0 Å². The van der Waals surface area contributed by atoms with Crippen LogP contribution in [0.15, 0.2) is 97.1 Å². The zero-order valence-electron chi connectivity index (χ0n) is 23.1. The molecular formula is C34H38N2O3. The predicted molar refractivity (Wildman–Crippen MR) is 158 cm³/mol. The van der Waals surface area contributed by atoms with E-state index in [1.165, 1.54) is 11.1 Å². The Labute approximate surface area is 231 Å². The van der Waals surface area contributed by atoms with Crippen molar-refractivity contribution in [3.05, 3.63) is 114 Å². The summed E-state index contributed by atoms with van der Waals surface area (Å²) in [5.74, 6) is 0. The molecule has 1 aliphatic rings. The lowest BCUT2D eigenvalue weighted by Crippen LogP contribution is -2.50. The van der Waals surface area contributed by atoms with Crippen molar-refractivity contribution >= 4 is 22.6 Å². The highest BCUT2D eigenvalue weighted by Gasteiger charge is 2.39. The number of aliphatic hydroxyl groups is 1. The van der Waals surface area contributed by atoms with Crippen LogP contribution in [0.5, 0.6) is 0 Å². The summed E-state index contributed by atoms with van der Waals surface area (Å²) in [7, 11) is 0. The van der Waals surface area contributed by atoms with Gasteiger partial charge in [-0.15, -0.1) is 0 Å². The number of benzene rings is 4. The highest BCUT2D eigenvalue weighted by atomic mass is 16.6. The van der Waals surface area contributed by atoms with E-state index in [0.29, 0.717) is 19.4 Å². The van der Waals surface area contributed by atoms with Crippen LogP contribution in [0.2, 0.25) is 0 Å². The van der Waals surface area contributed by atoms with E-state index in [4.69, 9.17) is 4.74 Å². The second-order valence-electron chi connectivity index (χ2n) is 11.6. The molecule has 5 heteroatoms. The molecule has 1 N–H and O–H groups in total. The average Bonchev–Trinajstić information content (AvgIpc) is 2.92. The van der Waals surface area contributed by atoms with Crippen molar-refractivity contribution in [1.29, 1.82) is 0 Å². The SMILES string of the molecule is CC(C)(C)OC(=O)N1CCCC(O)(c2cccc3ccc(N(Cc4ccccc4)Cc4ccccc4)cc23)C1. The third kappa shape index (κ3) is 6.43. The second-order valence-corrected chi connectivity index (χ2v) is 11.6. The van der Waals surface area contributed by atoms with Crippen LogP contribution in [0.4, 0.5) is 10.5 Å². The fourth-order valence-electron chi connectivity index (χ4n) is 5.45. The molecule has 0 spiro atoms. The predicted octanol–water partition coefficient (Wildman–Crippen LogP) is 7.27. The number of amides is 1. The Kier molecular flexibility index (Phi) is 7.62. The highest BCUT2D eigenvalue weighted by Crippen LogP contribution is 2.38. The molecule has 0 bridgehead atoms. The number of piperidine rings is 1. The normalized spacial score (nSPS) is 17.7. The van der Waals surface area contributed by atoms with E-state index in [1.807, 2.05) is 45.0 Å². The van der Waals surface area contributed by atoms with Gasteiger partial charge < -0.3 is 19.6 Å². The van der Waals surface area contributed by atoms with Crippen molar-refractivity contribution in [3.63, 3.8) is 0 Å². The average molecular weight is 523 g/mol. The number of ether oxygens (including phenoxy) is 1. The zero-order valence-corrected chi connectivity index (χ0v) is 23.1. The number of nitrogens with zero attached hydrogens (tertiary/aromatic N) is 2. The van der Waals surface area contributed by atoms with Gasteiger partial charge in [-0.1, -0.05) is 84.9 Å². The fourth-order valence-corrected chi connectivity index (χ4v) is 5.45. The van der Waals surface area contributed by atoms with Gasteiger partial charge in [-0.25, -0.2) is 4.79 Å². The monoisotopic (exact) mass is 522 g/mol. The number of hydrogen-bond acceptors (Lipinski definition) is 4. The number of rotatable bonds is 6. The van der Waals surface area contributed by atoms with E-state index in [-0.39, 0.29) is 12.6 Å². The van der Waals surface area contributed by atoms with Crippen molar-refractivity contribution in [2.45, 2.75) is 57.9 Å². The van der Waals surface area contributed by atoms with Gasteiger partial charge in [-0.05, 0) is 73.2 Å². The standard InChI is InChI=1S/C34H38N2O3/c1-33(2,3)39-32(37)35-21-11-20-34(38,25-35)31-17-10-16-28-18-19-29(22-30(28)31)36(23-26-12-6-4-7-13-26)24-27-14-8-5-9-15-27/h4-10,12-19,22,38H,11,20-21,23-25H2,1-3H3. The first kappa shape index (κ1) is 26.8. The van der Waals surface area contributed by atoms with Crippen LogP contribution in [0.1, 0.15) is 50.3 Å². The van der Waals surface area contributed by atoms with Gasteiger partial charge in [-0.3, -0.25) is 0 Å². The van der Waals surface area contributed by atoms with Gasteiger partial charge in [0.05, 0.1) is 6.54 Å². The summed E-state index contributed by atoms with van der Waals surface area (Å²) in [4.78, 5) is 16.9. The molecule has 4 aromatic carbocycles. The maximum Gasteiger partial charge on any atom is 0.410 e. The maximum absolute atomic E-state index is 12.9. The van der Waals surface area contributed by atoms with Crippen LogP contribution < -0.4 is 4.90 Å². The fraction of sp³-hybridized carbons (Fsp3) is 0.324. The van der Waals surface area contributed by atoms with Crippen molar-refractivity contribution in [2.24, 2.45) is 0 Å².